The van der Waals surface area contributed by atoms with Crippen LogP contribution in [0.15, 0.2) is 0 Å². The summed E-state index contributed by atoms with van der Waals surface area (Å²) in [5, 5.41) is 17.1. The van der Waals surface area contributed by atoms with E-state index in [4.69, 9.17) is 14.9 Å². The maximum absolute atomic E-state index is 10.7. The number of ether oxygens (including phenoxy) is 1. The van der Waals surface area contributed by atoms with Gasteiger partial charge in [-0.3, -0.25) is 0 Å². The average molecular weight is 217 g/mol. The Kier molecular flexibility index (Phi) is 4.36. The second-order valence-electron chi connectivity index (χ2n) is 3.65. The predicted octanol–water partition coefficient (Wildman–Crippen LogP) is 0.478. The normalized spacial score (nSPS) is 21.3. The van der Waals surface area contributed by atoms with Gasteiger partial charge in [-0.25, -0.2) is 9.59 Å². The maximum atomic E-state index is 10.7. The molecule has 0 saturated carbocycles. The fourth-order valence-corrected chi connectivity index (χ4v) is 1.69. The number of hydrogen-bond donors (Lipinski definition) is 2. The zero-order chi connectivity index (χ0) is 11.3. The van der Waals surface area contributed by atoms with Crippen LogP contribution in [0.1, 0.15) is 12.8 Å². The predicted molar refractivity (Wildman–Crippen MR) is 50.8 cm³/mol. The SMILES string of the molecule is O=C(O)COC[C@H]1CCCN(C(=O)O)C1. The molecule has 1 aliphatic rings. The molecular formula is C9H15NO5. The van der Waals surface area contributed by atoms with Crippen LogP contribution in [0, 0.1) is 5.92 Å². The van der Waals surface area contributed by atoms with Crippen LogP contribution in [0.25, 0.3) is 0 Å². The average Bonchev–Trinajstić information content (AvgIpc) is 2.17. The number of likely N-dealkylation sites (tertiary alicyclic amines) is 1. The second kappa shape index (κ2) is 5.55. The van der Waals surface area contributed by atoms with Gasteiger partial charge in [-0.1, -0.05) is 0 Å². The summed E-state index contributed by atoms with van der Waals surface area (Å²) >= 11 is 0. The van der Waals surface area contributed by atoms with E-state index >= 15 is 0 Å². The monoisotopic (exact) mass is 217 g/mol. The highest BCUT2D eigenvalue weighted by molar-refractivity contribution is 5.68. The van der Waals surface area contributed by atoms with E-state index in [-0.39, 0.29) is 12.5 Å². The van der Waals surface area contributed by atoms with Crippen LogP contribution in [0.3, 0.4) is 0 Å². The lowest BCUT2D eigenvalue weighted by Gasteiger charge is -2.30. The molecule has 2 N–H and O–H groups in total. The van der Waals surface area contributed by atoms with Crippen molar-refractivity contribution < 1.29 is 24.5 Å². The third-order valence-electron chi connectivity index (χ3n) is 2.37. The fraction of sp³-hybridized carbons (Fsp3) is 0.778. The van der Waals surface area contributed by atoms with E-state index in [0.717, 1.165) is 12.8 Å². The zero-order valence-electron chi connectivity index (χ0n) is 8.39. The van der Waals surface area contributed by atoms with Crippen molar-refractivity contribution >= 4 is 12.1 Å². The number of carboxylic acids is 1. The number of aliphatic carboxylic acids is 1. The Balaban J connectivity index is 2.24. The molecule has 0 aromatic rings. The van der Waals surface area contributed by atoms with Crippen molar-refractivity contribution in [2.75, 3.05) is 26.3 Å². The van der Waals surface area contributed by atoms with Gasteiger partial charge in [0.2, 0.25) is 0 Å². The number of piperidine rings is 1. The van der Waals surface area contributed by atoms with Gasteiger partial charge in [-0.05, 0) is 12.8 Å². The lowest BCUT2D eigenvalue weighted by molar-refractivity contribution is -0.142. The van der Waals surface area contributed by atoms with Crippen LogP contribution < -0.4 is 0 Å². The van der Waals surface area contributed by atoms with Gasteiger partial charge >= 0.3 is 12.1 Å². The van der Waals surface area contributed by atoms with Gasteiger partial charge in [0, 0.05) is 19.0 Å². The van der Waals surface area contributed by atoms with Gasteiger partial charge in [0.15, 0.2) is 0 Å². The van der Waals surface area contributed by atoms with Gasteiger partial charge in [0.1, 0.15) is 6.61 Å². The van der Waals surface area contributed by atoms with Crippen molar-refractivity contribution in [3.05, 3.63) is 0 Å². The molecule has 0 bridgehead atoms. The van der Waals surface area contributed by atoms with Crippen LogP contribution in [0.2, 0.25) is 0 Å². The summed E-state index contributed by atoms with van der Waals surface area (Å²) in [4.78, 5) is 22.2. The quantitative estimate of drug-likeness (QED) is 0.715. The molecule has 0 aromatic carbocycles. The van der Waals surface area contributed by atoms with Gasteiger partial charge in [-0.15, -0.1) is 0 Å². The molecule has 1 rings (SSSR count). The van der Waals surface area contributed by atoms with Gasteiger partial charge in [-0.2, -0.15) is 0 Å². The molecule has 6 heteroatoms. The van der Waals surface area contributed by atoms with E-state index in [9.17, 15) is 9.59 Å². The summed E-state index contributed by atoms with van der Waals surface area (Å²) < 4.78 is 4.94. The highest BCUT2D eigenvalue weighted by Gasteiger charge is 2.23. The minimum atomic E-state index is -0.999. The largest absolute Gasteiger partial charge is 0.480 e. The molecule has 0 unspecified atom stereocenters. The lowest BCUT2D eigenvalue weighted by Crippen LogP contribution is -2.40. The number of amides is 1. The summed E-state index contributed by atoms with van der Waals surface area (Å²) in [5.74, 6) is -0.880. The number of hydrogen-bond acceptors (Lipinski definition) is 3. The Morgan fingerprint density at radius 3 is 2.73 bits per heavy atom. The number of rotatable bonds is 4. The van der Waals surface area contributed by atoms with Crippen molar-refractivity contribution in [2.45, 2.75) is 12.8 Å². The summed E-state index contributed by atoms with van der Waals surface area (Å²) in [6.07, 6.45) is 0.787. The van der Waals surface area contributed by atoms with E-state index in [1.807, 2.05) is 0 Å². The van der Waals surface area contributed by atoms with E-state index in [1.165, 1.54) is 4.90 Å². The third-order valence-corrected chi connectivity index (χ3v) is 2.37. The first-order valence-corrected chi connectivity index (χ1v) is 4.87. The van der Waals surface area contributed by atoms with Gasteiger partial charge in [0.05, 0.1) is 6.61 Å². The van der Waals surface area contributed by atoms with Crippen LogP contribution >= 0.6 is 0 Å². The lowest BCUT2D eigenvalue weighted by atomic mass is 9.99. The molecule has 1 aliphatic heterocycles. The number of carboxylic acid groups (broad SMARTS) is 2. The van der Waals surface area contributed by atoms with Crippen molar-refractivity contribution in [1.82, 2.24) is 4.90 Å². The fourth-order valence-electron chi connectivity index (χ4n) is 1.69. The molecule has 1 heterocycles. The molecule has 0 aliphatic carbocycles. The van der Waals surface area contributed by atoms with E-state index < -0.39 is 12.1 Å². The molecule has 1 saturated heterocycles. The molecule has 15 heavy (non-hydrogen) atoms. The van der Waals surface area contributed by atoms with Crippen molar-refractivity contribution in [3.63, 3.8) is 0 Å². The molecule has 1 atom stereocenters. The van der Waals surface area contributed by atoms with Crippen LogP contribution in [0.4, 0.5) is 4.79 Å². The second-order valence-corrected chi connectivity index (χ2v) is 3.65. The molecule has 0 aromatic heterocycles. The molecular weight excluding hydrogens is 202 g/mol. The standard InChI is InChI=1S/C9H15NO5/c11-8(12)6-15-5-7-2-1-3-10(4-7)9(13)14/h7H,1-6H2,(H,11,12)(H,13,14)/t7-/m0/s1. The highest BCUT2D eigenvalue weighted by Crippen LogP contribution is 2.16. The molecule has 1 fully saturated rings. The van der Waals surface area contributed by atoms with Crippen LogP contribution in [-0.2, 0) is 9.53 Å². The molecule has 0 radical (unpaired) electrons. The summed E-state index contributed by atoms with van der Waals surface area (Å²) in [6.45, 7) is 0.999. The Hall–Kier alpha value is -1.30. The molecule has 86 valence electrons. The summed E-state index contributed by atoms with van der Waals surface area (Å²) in [6, 6.07) is 0. The highest BCUT2D eigenvalue weighted by atomic mass is 16.5. The van der Waals surface area contributed by atoms with E-state index in [2.05, 4.69) is 0 Å². The zero-order valence-corrected chi connectivity index (χ0v) is 8.39. The summed E-state index contributed by atoms with van der Waals surface area (Å²) in [7, 11) is 0. The first-order valence-electron chi connectivity index (χ1n) is 4.87. The Labute approximate surface area is 87.4 Å². The smallest absolute Gasteiger partial charge is 0.407 e. The minimum Gasteiger partial charge on any atom is -0.480 e. The minimum absolute atomic E-state index is 0.120. The Morgan fingerprint density at radius 2 is 2.13 bits per heavy atom. The van der Waals surface area contributed by atoms with Crippen molar-refractivity contribution in [1.29, 1.82) is 0 Å². The third kappa shape index (κ3) is 4.16. The van der Waals surface area contributed by atoms with Gasteiger partial charge in [0.25, 0.3) is 0 Å². The first-order chi connectivity index (χ1) is 7.09. The van der Waals surface area contributed by atoms with Crippen molar-refractivity contribution in [2.24, 2.45) is 5.92 Å². The van der Waals surface area contributed by atoms with Crippen LogP contribution in [-0.4, -0.2) is 53.5 Å². The van der Waals surface area contributed by atoms with E-state index in [0.29, 0.717) is 19.7 Å². The molecule has 0 spiro atoms. The van der Waals surface area contributed by atoms with Crippen molar-refractivity contribution in [3.8, 4) is 0 Å². The Bertz CT molecular complexity index is 243. The number of nitrogens with zero attached hydrogens (tertiary/aromatic N) is 1. The first kappa shape index (κ1) is 11.8. The van der Waals surface area contributed by atoms with Crippen LogP contribution in [0.5, 0.6) is 0 Å². The van der Waals surface area contributed by atoms with Gasteiger partial charge < -0.3 is 19.8 Å². The topological polar surface area (TPSA) is 87.1 Å². The molecule has 6 nitrogen and oxygen atoms in total. The number of carbonyl (C=O) groups is 2. The maximum Gasteiger partial charge on any atom is 0.407 e. The van der Waals surface area contributed by atoms with E-state index in [1.54, 1.807) is 0 Å². The Morgan fingerprint density at radius 1 is 1.40 bits per heavy atom. The molecule has 1 amide bonds. The summed E-state index contributed by atoms with van der Waals surface area (Å²) in [5.41, 5.74) is 0.